The fourth-order valence-corrected chi connectivity index (χ4v) is 2.46. The first kappa shape index (κ1) is 11.6. The lowest BCUT2D eigenvalue weighted by Gasteiger charge is -2.12. The van der Waals surface area contributed by atoms with Gasteiger partial charge in [-0.2, -0.15) is 0 Å². The predicted molar refractivity (Wildman–Crippen MR) is 74.4 cm³/mol. The van der Waals surface area contributed by atoms with E-state index in [9.17, 15) is 0 Å². The Labute approximate surface area is 110 Å². The summed E-state index contributed by atoms with van der Waals surface area (Å²) in [4.78, 5) is 7.45. The second kappa shape index (κ2) is 5.04. The van der Waals surface area contributed by atoms with Crippen molar-refractivity contribution in [3.05, 3.63) is 29.0 Å². The first-order valence-corrected chi connectivity index (χ1v) is 6.58. The van der Waals surface area contributed by atoms with Crippen LogP contribution in [0.5, 0.6) is 0 Å². The van der Waals surface area contributed by atoms with Crippen LogP contribution in [-0.4, -0.2) is 29.2 Å². The summed E-state index contributed by atoms with van der Waals surface area (Å²) in [7, 11) is 0. The largest absolute Gasteiger partial charge is 0.376 e. The smallest absolute Gasteiger partial charge is 0.199 e. The van der Waals surface area contributed by atoms with Gasteiger partial charge in [-0.15, -0.1) is 0 Å². The highest BCUT2D eigenvalue weighted by atomic mass is 32.1. The van der Waals surface area contributed by atoms with E-state index in [1.165, 1.54) is 0 Å². The molecule has 1 aliphatic rings. The summed E-state index contributed by atoms with van der Waals surface area (Å²) in [5.41, 5.74) is 1.01. The summed E-state index contributed by atoms with van der Waals surface area (Å²) >= 11 is 5.14. The fraction of sp³-hybridized carbons (Fsp3) is 0.385. The number of ether oxygens (including phenoxy) is 1. The van der Waals surface area contributed by atoms with Gasteiger partial charge in [0.1, 0.15) is 5.82 Å². The third-order valence-electron chi connectivity index (χ3n) is 3.16. The number of hydrogen-bond donors (Lipinski definition) is 2. The maximum Gasteiger partial charge on any atom is 0.199 e. The number of nitrogens with zero attached hydrogens (tertiary/aromatic N) is 1. The second-order valence-corrected chi connectivity index (χ2v) is 4.84. The predicted octanol–water partition coefficient (Wildman–Crippen LogP) is 2.88. The van der Waals surface area contributed by atoms with Crippen molar-refractivity contribution in [2.24, 2.45) is 0 Å². The molecular weight excluding hydrogens is 246 g/mol. The van der Waals surface area contributed by atoms with Gasteiger partial charge in [-0.25, -0.2) is 4.98 Å². The minimum Gasteiger partial charge on any atom is -0.376 e. The van der Waals surface area contributed by atoms with E-state index >= 15 is 0 Å². The van der Waals surface area contributed by atoms with Crippen molar-refractivity contribution < 1.29 is 4.74 Å². The van der Waals surface area contributed by atoms with Crippen LogP contribution < -0.4 is 5.32 Å². The van der Waals surface area contributed by atoms with E-state index in [-0.39, 0.29) is 0 Å². The number of para-hydroxylation sites is 1. The van der Waals surface area contributed by atoms with Gasteiger partial charge in [0.05, 0.1) is 11.6 Å². The molecular formula is C13H15N3OS. The number of hydrogen-bond acceptors (Lipinski definition) is 4. The zero-order valence-electron chi connectivity index (χ0n) is 9.98. The molecule has 1 aromatic heterocycles. The molecule has 0 bridgehead atoms. The first-order chi connectivity index (χ1) is 8.83. The van der Waals surface area contributed by atoms with Gasteiger partial charge in [-0.05, 0) is 37.2 Å². The molecule has 0 spiro atoms. The van der Waals surface area contributed by atoms with Gasteiger partial charge in [0, 0.05) is 18.5 Å². The summed E-state index contributed by atoms with van der Waals surface area (Å²) in [6.07, 6.45) is 2.56. The third kappa shape index (κ3) is 2.37. The van der Waals surface area contributed by atoms with Crippen molar-refractivity contribution in [3.63, 3.8) is 0 Å². The Balaban J connectivity index is 1.88. The minimum atomic E-state index is 0.295. The topological polar surface area (TPSA) is 49.9 Å². The van der Waals surface area contributed by atoms with E-state index in [0.29, 0.717) is 10.9 Å². The van der Waals surface area contributed by atoms with Crippen molar-refractivity contribution in [2.75, 3.05) is 18.5 Å². The Hall–Kier alpha value is -1.46. The monoisotopic (exact) mass is 261 g/mol. The molecule has 3 rings (SSSR count). The van der Waals surface area contributed by atoms with Gasteiger partial charge < -0.3 is 15.0 Å². The molecule has 1 fully saturated rings. The molecule has 0 saturated carbocycles. The van der Waals surface area contributed by atoms with Gasteiger partial charge in [-0.1, -0.05) is 12.1 Å². The molecule has 18 heavy (non-hydrogen) atoms. The van der Waals surface area contributed by atoms with Crippen LogP contribution in [0, 0.1) is 4.77 Å². The maximum atomic E-state index is 5.59. The Morgan fingerprint density at radius 3 is 3.17 bits per heavy atom. The van der Waals surface area contributed by atoms with Crippen molar-refractivity contribution >= 4 is 28.9 Å². The molecule has 2 aromatic rings. The maximum absolute atomic E-state index is 5.59. The average Bonchev–Trinajstić information content (AvgIpc) is 2.89. The quantitative estimate of drug-likeness (QED) is 0.834. The van der Waals surface area contributed by atoms with Crippen molar-refractivity contribution in [1.82, 2.24) is 9.97 Å². The number of H-pyrrole nitrogens is 1. The molecule has 94 valence electrons. The van der Waals surface area contributed by atoms with Gasteiger partial charge in [0.15, 0.2) is 4.77 Å². The molecule has 1 saturated heterocycles. The second-order valence-electron chi connectivity index (χ2n) is 4.45. The normalized spacial score (nSPS) is 19.2. The third-order valence-corrected chi connectivity index (χ3v) is 3.35. The lowest BCUT2D eigenvalue weighted by atomic mass is 10.2. The summed E-state index contributed by atoms with van der Waals surface area (Å²) in [6, 6.07) is 8.02. The molecule has 0 radical (unpaired) electrons. The standard InChI is InChI=1S/C13H15N3OS/c18-13-15-11-6-2-1-5-10(11)12(16-13)14-8-9-4-3-7-17-9/h1-2,5-6,9H,3-4,7-8H2,(H2,14,15,16,18). The Morgan fingerprint density at radius 2 is 2.33 bits per heavy atom. The van der Waals surface area contributed by atoms with Crippen molar-refractivity contribution in [1.29, 1.82) is 0 Å². The SMILES string of the molecule is S=c1nc(NCC2CCCO2)c2ccccc2[nH]1. The van der Waals surface area contributed by atoms with Crippen LogP contribution in [0.25, 0.3) is 10.9 Å². The zero-order valence-corrected chi connectivity index (χ0v) is 10.8. The Kier molecular flexibility index (Phi) is 3.25. The molecule has 0 amide bonds. The highest BCUT2D eigenvalue weighted by Crippen LogP contribution is 2.20. The number of aromatic amines is 1. The number of benzene rings is 1. The average molecular weight is 261 g/mol. The van der Waals surface area contributed by atoms with Crippen LogP contribution in [0.4, 0.5) is 5.82 Å². The summed E-state index contributed by atoms with van der Waals surface area (Å²) < 4.78 is 6.10. The lowest BCUT2D eigenvalue weighted by Crippen LogP contribution is -2.19. The van der Waals surface area contributed by atoms with E-state index in [0.717, 1.165) is 42.7 Å². The zero-order chi connectivity index (χ0) is 12.4. The highest BCUT2D eigenvalue weighted by molar-refractivity contribution is 7.71. The van der Waals surface area contributed by atoms with E-state index in [4.69, 9.17) is 17.0 Å². The molecule has 1 atom stereocenters. The molecule has 1 aliphatic heterocycles. The number of fused-ring (bicyclic) bond motifs is 1. The molecule has 2 heterocycles. The van der Waals surface area contributed by atoms with Gasteiger partial charge >= 0.3 is 0 Å². The number of nitrogens with one attached hydrogen (secondary N) is 2. The molecule has 2 N–H and O–H groups in total. The summed E-state index contributed by atoms with van der Waals surface area (Å²) in [5, 5.41) is 4.41. The molecule has 1 aromatic carbocycles. The van der Waals surface area contributed by atoms with E-state index in [2.05, 4.69) is 15.3 Å². The van der Waals surface area contributed by atoms with E-state index < -0.39 is 0 Å². The van der Waals surface area contributed by atoms with E-state index in [1.54, 1.807) is 0 Å². The number of aromatic nitrogens is 2. The summed E-state index contributed by atoms with van der Waals surface area (Å²) in [6.45, 7) is 1.66. The highest BCUT2D eigenvalue weighted by Gasteiger charge is 2.15. The van der Waals surface area contributed by atoms with Crippen LogP contribution in [0.1, 0.15) is 12.8 Å². The Bertz CT molecular complexity index is 604. The van der Waals surface area contributed by atoms with Crippen LogP contribution >= 0.6 is 12.2 Å². The summed E-state index contributed by atoms with van der Waals surface area (Å²) in [5.74, 6) is 0.838. The molecule has 4 nitrogen and oxygen atoms in total. The van der Waals surface area contributed by atoms with E-state index in [1.807, 2.05) is 24.3 Å². The lowest BCUT2D eigenvalue weighted by molar-refractivity contribution is 0.120. The Morgan fingerprint density at radius 1 is 1.44 bits per heavy atom. The van der Waals surface area contributed by atoms with Gasteiger partial charge in [-0.3, -0.25) is 0 Å². The molecule has 0 aliphatic carbocycles. The van der Waals surface area contributed by atoms with Crippen LogP contribution in [0.2, 0.25) is 0 Å². The fourth-order valence-electron chi connectivity index (χ4n) is 2.25. The van der Waals surface area contributed by atoms with Crippen LogP contribution in [0.3, 0.4) is 0 Å². The first-order valence-electron chi connectivity index (χ1n) is 6.17. The van der Waals surface area contributed by atoms with Gasteiger partial charge in [0.2, 0.25) is 0 Å². The molecule has 5 heteroatoms. The van der Waals surface area contributed by atoms with Crippen molar-refractivity contribution in [3.8, 4) is 0 Å². The van der Waals surface area contributed by atoms with Crippen molar-refractivity contribution in [2.45, 2.75) is 18.9 Å². The van der Waals surface area contributed by atoms with Crippen LogP contribution in [-0.2, 0) is 4.74 Å². The number of anilines is 1. The van der Waals surface area contributed by atoms with Crippen LogP contribution in [0.15, 0.2) is 24.3 Å². The minimum absolute atomic E-state index is 0.295. The molecule has 1 unspecified atom stereocenters. The number of rotatable bonds is 3. The van der Waals surface area contributed by atoms with Gasteiger partial charge in [0.25, 0.3) is 0 Å².